The van der Waals surface area contributed by atoms with Crippen LogP contribution in [-0.2, 0) is 9.59 Å². The van der Waals surface area contributed by atoms with Crippen LogP contribution in [0, 0.1) is 19.7 Å². The number of carbonyl (C=O) groups excluding carboxylic acids is 2. The number of rotatable bonds is 6. The van der Waals surface area contributed by atoms with E-state index in [9.17, 15) is 9.59 Å². The van der Waals surface area contributed by atoms with Gasteiger partial charge in [0.15, 0.2) is 0 Å². The predicted octanol–water partition coefficient (Wildman–Crippen LogP) is 6.74. The Labute approximate surface area is 193 Å². The van der Waals surface area contributed by atoms with Crippen molar-refractivity contribution in [3.05, 3.63) is 95.8 Å². The van der Waals surface area contributed by atoms with Gasteiger partial charge in [-0.3, -0.25) is 0 Å². The van der Waals surface area contributed by atoms with E-state index < -0.39 is 11.9 Å². The van der Waals surface area contributed by atoms with Crippen LogP contribution in [0.25, 0.3) is 22.3 Å². The summed E-state index contributed by atoms with van der Waals surface area (Å²) < 4.78 is 25.6. The lowest BCUT2D eigenvalue weighted by Gasteiger charge is -2.12. The molecule has 0 aliphatic heterocycles. The van der Waals surface area contributed by atoms with Crippen molar-refractivity contribution in [2.75, 3.05) is 0 Å². The maximum absolute atomic E-state index is 15.1. The van der Waals surface area contributed by atoms with Crippen LogP contribution in [0.2, 0.25) is 0 Å². The van der Waals surface area contributed by atoms with Crippen LogP contribution < -0.4 is 9.47 Å². The summed E-state index contributed by atoms with van der Waals surface area (Å²) in [5, 5.41) is 0. The standard InChI is InChI=1S/C28H25FO4/c1-16(2)27(30)32-22-9-11-23(18(5)14-22)21-7-10-24(25(29)15-21)20-8-12-26(19(6)13-20)33-28(31)17(3)4/h7-15H,1,3H2,2,4-6H3. The molecule has 4 nitrogen and oxygen atoms in total. The minimum absolute atomic E-state index is 0.303. The van der Waals surface area contributed by atoms with Crippen molar-refractivity contribution in [2.24, 2.45) is 0 Å². The zero-order chi connectivity index (χ0) is 24.3. The maximum Gasteiger partial charge on any atom is 0.338 e. The van der Waals surface area contributed by atoms with Crippen molar-refractivity contribution in [2.45, 2.75) is 27.7 Å². The molecule has 0 amide bonds. The fourth-order valence-corrected chi connectivity index (χ4v) is 3.25. The molecule has 3 rings (SSSR count). The summed E-state index contributed by atoms with van der Waals surface area (Å²) >= 11 is 0. The monoisotopic (exact) mass is 444 g/mol. The van der Waals surface area contributed by atoms with Gasteiger partial charge in [0.2, 0.25) is 0 Å². The number of ether oxygens (including phenoxy) is 2. The highest BCUT2D eigenvalue weighted by Crippen LogP contribution is 2.33. The lowest BCUT2D eigenvalue weighted by atomic mass is 9.96. The number of hydrogen-bond donors (Lipinski definition) is 0. The topological polar surface area (TPSA) is 52.6 Å². The average Bonchev–Trinajstić information content (AvgIpc) is 2.75. The van der Waals surface area contributed by atoms with Crippen molar-refractivity contribution in [3.63, 3.8) is 0 Å². The molecule has 0 fully saturated rings. The molecule has 0 aliphatic carbocycles. The van der Waals surface area contributed by atoms with Gasteiger partial charge in [-0.25, -0.2) is 14.0 Å². The number of carbonyl (C=O) groups is 2. The number of benzene rings is 3. The van der Waals surface area contributed by atoms with E-state index in [0.29, 0.717) is 44.9 Å². The van der Waals surface area contributed by atoms with Gasteiger partial charge in [-0.1, -0.05) is 37.4 Å². The summed E-state index contributed by atoms with van der Waals surface area (Å²) in [6.07, 6.45) is 0. The molecule has 0 saturated heterocycles. The average molecular weight is 445 g/mol. The third kappa shape index (κ3) is 5.44. The Morgan fingerprint density at radius 1 is 0.727 bits per heavy atom. The van der Waals surface area contributed by atoms with Gasteiger partial charge in [0.1, 0.15) is 17.3 Å². The molecule has 33 heavy (non-hydrogen) atoms. The van der Waals surface area contributed by atoms with E-state index in [1.807, 2.05) is 13.0 Å². The largest absolute Gasteiger partial charge is 0.423 e. The van der Waals surface area contributed by atoms with E-state index in [1.165, 1.54) is 6.07 Å². The molecule has 0 saturated carbocycles. The Balaban J connectivity index is 1.87. The van der Waals surface area contributed by atoms with Gasteiger partial charge in [0.05, 0.1) is 0 Å². The Morgan fingerprint density at radius 2 is 1.30 bits per heavy atom. The molecule has 0 radical (unpaired) electrons. The van der Waals surface area contributed by atoms with Gasteiger partial charge < -0.3 is 9.47 Å². The van der Waals surface area contributed by atoms with Gasteiger partial charge in [-0.05, 0) is 85.8 Å². The summed E-state index contributed by atoms with van der Waals surface area (Å²) in [6, 6.07) is 15.4. The van der Waals surface area contributed by atoms with Crippen LogP contribution >= 0.6 is 0 Å². The van der Waals surface area contributed by atoms with E-state index in [1.54, 1.807) is 63.2 Å². The van der Waals surface area contributed by atoms with Gasteiger partial charge in [0, 0.05) is 16.7 Å². The van der Waals surface area contributed by atoms with Crippen LogP contribution in [0.15, 0.2) is 78.9 Å². The third-order valence-electron chi connectivity index (χ3n) is 5.07. The predicted molar refractivity (Wildman–Crippen MR) is 128 cm³/mol. The molecule has 0 aliphatic rings. The van der Waals surface area contributed by atoms with E-state index in [-0.39, 0.29) is 5.82 Å². The van der Waals surface area contributed by atoms with Crippen molar-refractivity contribution >= 4 is 11.9 Å². The Kier molecular flexibility index (Phi) is 6.92. The quantitative estimate of drug-likeness (QED) is 0.240. The van der Waals surface area contributed by atoms with Crippen molar-refractivity contribution in [1.29, 1.82) is 0 Å². The highest BCUT2D eigenvalue weighted by molar-refractivity contribution is 5.89. The number of aryl methyl sites for hydroxylation is 2. The lowest BCUT2D eigenvalue weighted by Crippen LogP contribution is -2.09. The molecular weight excluding hydrogens is 419 g/mol. The number of halogens is 1. The van der Waals surface area contributed by atoms with Crippen LogP contribution in [-0.4, -0.2) is 11.9 Å². The molecule has 0 atom stereocenters. The first-order chi connectivity index (χ1) is 15.6. The van der Waals surface area contributed by atoms with Crippen LogP contribution in [0.3, 0.4) is 0 Å². The summed E-state index contributed by atoms with van der Waals surface area (Å²) in [4.78, 5) is 23.5. The lowest BCUT2D eigenvalue weighted by molar-refractivity contribution is -0.131. The molecule has 3 aromatic rings. The molecule has 0 unspecified atom stereocenters. The summed E-state index contributed by atoms with van der Waals surface area (Å²) in [6.45, 7) is 14.0. The molecule has 168 valence electrons. The highest BCUT2D eigenvalue weighted by Gasteiger charge is 2.13. The molecule has 0 aromatic heterocycles. The van der Waals surface area contributed by atoms with Crippen LogP contribution in [0.1, 0.15) is 25.0 Å². The SMILES string of the molecule is C=C(C)C(=O)Oc1ccc(-c2ccc(-c3ccc(OC(=O)C(=C)C)c(C)c3)c(F)c2)c(C)c1. The smallest absolute Gasteiger partial charge is 0.338 e. The van der Waals surface area contributed by atoms with Gasteiger partial charge >= 0.3 is 11.9 Å². The van der Waals surface area contributed by atoms with Crippen LogP contribution in [0.5, 0.6) is 11.5 Å². The fourth-order valence-electron chi connectivity index (χ4n) is 3.25. The first-order valence-corrected chi connectivity index (χ1v) is 10.3. The van der Waals surface area contributed by atoms with Crippen molar-refractivity contribution in [3.8, 4) is 33.8 Å². The molecule has 0 bridgehead atoms. The van der Waals surface area contributed by atoms with Gasteiger partial charge in [0.25, 0.3) is 0 Å². The molecule has 0 spiro atoms. The van der Waals surface area contributed by atoms with E-state index in [0.717, 1.165) is 11.1 Å². The Bertz CT molecular complexity index is 1290. The van der Waals surface area contributed by atoms with Crippen LogP contribution in [0.4, 0.5) is 4.39 Å². The Morgan fingerprint density at radius 3 is 1.88 bits per heavy atom. The van der Waals surface area contributed by atoms with Gasteiger partial charge in [-0.15, -0.1) is 0 Å². The normalized spacial score (nSPS) is 10.5. The second kappa shape index (κ2) is 9.65. The first-order valence-electron chi connectivity index (χ1n) is 10.3. The Hall–Kier alpha value is -3.99. The summed E-state index contributed by atoms with van der Waals surface area (Å²) in [5.41, 5.74) is 4.80. The zero-order valence-electron chi connectivity index (χ0n) is 19.1. The fraction of sp³-hybridized carbons (Fsp3) is 0.143. The number of esters is 2. The first kappa shape index (κ1) is 23.7. The maximum atomic E-state index is 15.1. The third-order valence-corrected chi connectivity index (χ3v) is 5.07. The number of hydrogen-bond acceptors (Lipinski definition) is 4. The summed E-state index contributed by atoms with van der Waals surface area (Å²) in [7, 11) is 0. The minimum Gasteiger partial charge on any atom is -0.423 e. The van der Waals surface area contributed by atoms with E-state index in [2.05, 4.69) is 13.2 Å². The zero-order valence-corrected chi connectivity index (χ0v) is 19.1. The molecule has 5 heteroatoms. The summed E-state index contributed by atoms with van der Waals surface area (Å²) in [5.74, 6) is -0.558. The second-order valence-corrected chi connectivity index (χ2v) is 7.99. The van der Waals surface area contributed by atoms with Crippen molar-refractivity contribution < 1.29 is 23.5 Å². The molecule has 3 aromatic carbocycles. The van der Waals surface area contributed by atoms with E-state index >= 15 is 4.39 Å². The molecule has 0 N–H and O–H groups in total. The van der Waals surface area contributed by atoms with E-state index in [4.69, 9.17) is 9.47 Å². The highest BCUT2D eigenvalue weighted by atomic mass is 19.1. The second-order valence-electron chi connectivity index (χ2n) is 7.99. The molecule has 0 heterocycles. The van der Waals surface area contributed by atoms with Crippen molar-refractivity contribution in [1.82, 2.24) is 0 Å². The van der Waals surface area contributed by atoms with Gasteiger partial charge in [-0.2, -0.15) is 0 Å². The minimum atomic E-state index is -0.503. The molecular formula is C28H25FO4.